The quantitative estimate of drug-likeness (QED) is 0.371. The highest BCUT2D eigenvalue weighted by atomic mass is 35.5. The molecule has 0 amide bonds. The van der Waals surface area contributed by atoms with Crippen LogP contribution in [0.1, 0.15) is 35.1 Å². The van der Waals surface area contributed by atoms with Gasteiger partial charge in [-0.15, -0.1) is 0 Å². The minimum Gasteiger partial charge on any atom is -0.462 e. The lowest BCUT2D eigenvalue weighted by molar-refractivity contribution is -0.141. The Morgan fingerprint density at radius 1 is 1.31 bits per heavy atom. The molecule has 0 fully saturated rings. The topological polar surface area (TPSA) is 68.2 Å². The number of halogens is 4. The SMILES string of the molecule is CCOC(=O)c1ccc(NC(=S)NCCCn2nc(C(F)(F)F)c(Cl)c2C)cc1. The maximum absolute atomic E-state index is 12.8. The van der Waals surface area contributed by atoms with Crippen LogP contribution in [-0.2, 0) is 17.5 Å². The van der Waals surface area contributed by atoms with Gasteiger partial charge in [0.2, 0.25) is 0 Å². The average Bonchev–Trinajstić information content (AvgIpc) is 2.94. The van der Waals surface area contributed by atoms with Crippen LogP contribution in [0.15, 0.2) is 24.3 Å². The standard InChI is InChI=1S/C18H20ClF3N4O2S/c1-3-28-16(27)12-5-7-13(8-6-12)24-17(29)23-9-4-10-26-11(2)14(19)15(25-26)18(20,21)22/h5-8H,3-4,9-10H2,1-2H3,(H2,23,24,29). The van der Waals surface area contributed by atoms with Crippen molar-refractivity contribution in [1.82, 2.24) is 15.1 Å². The van der Waals surface area contributed by atoms with Crippen molar-refractivity contribution in [3.05, 3.63) is 46.2 Å². The summed E-state index contributed by atoms with van der Waals surface area (Å²) >= 11 is 10.9. The number of aryl methyl sites for hydroxylation is 1. The number of rotatable bonds is 7. The molecule has 29 heavy (non-hydrogen) atoms. The molecule has 2 aromatic rings. The first-order valence-electron chi connectivity index (χ1n) is 8.75. The highest BCUT2D eigenvalue weighted by Crippen LogP contribution is 2.35. The van der Waals surface area contributed by atoms with E-state index in [1.807, 2.05) is 0 Å². The molecule has 0 aliphatic heterocycles. The van der Waals surface area contributed by atoms with Crippen LogP contribution in [0.25, 0.3) is 0 Å². The van der Waals surface area contributed by atoms with E-state index in [1.165, 1.54) is 11.6 Å². The van der Waals surface area contributed by atoms with Crippen molar-refractivity contribution < 1.29 is 22.7 Å². The predicted molar refractivity (Wildman–Crippen MR) is 108 cm³/mol. The summed E-state index contributed by atoms with van der Waals surface area (Å²) in [5.74, 6) is -0.401. The van der Waals surface area contributed by atoms with Crippen LogP contribution in [0.4, 0.5) is 18.9 Å². The molecule has 0 radical (unpaired) electrons. The van der Waals surface area contributed by atoms with Gasteiger partial charge in [0, 0.05) is 18.8 Å². The lowest BCUT2D eigenvalue weighted by atomic mass is 10.2. The Kier molecular flexibility index (Phi) is 7.86. The lowest BCUT2D eigenvalue weighted by Crippen LogP contribution is -2.29. The first kappa shape index (κ1) is 23.0. The molecule has 2 rings (SSSR count). The summed E-state index contributed by atoms with van der Waals surface area (Å²) in [5.41, 5.74) is 0.303. The number of ether oxygens (including phenoxy) is 1. The number of alkyl halides is 3. The van der Waals surface area contributed by atoms with Gasteiger partial charge in [-0.1, -0.05) is 11.6 Å². The molecule has 1 heterocycles. The van der Waals surface area contributed by atoms with Gasteiger partial charge in [-0.2, -0.15) is 18.3 Å². The fraction of sp³-hybridized carbons (Fsp3) is 0.389. The van der Waals surface area contributed by atoms with Crippen LogP contribution < -0.4 is 10.6 Å². The zero-order valence-corrected chi connectivity index (χ0v) is 17.3. The van der Waals surface area contributed by atoms with Crippen molar-refractivity contribution in [2.45, 2.75) is 33.0 Å². The van der Waals surface area contributed by atoms with Gasteiger partial charge in [0.25, 0.3) is 0 Å². The number of hydrogen-bond donors (Lipinski definition) is 2. The number of carbonyl (C=O) groups is 1. The Labute approximate surface area is 176 Å². The minimum absolute atomic E-state index is 0.255. The maximum Gasteiger partial charge on any atom is 0.436 e. The highest BCUT2D eigenvalue weighted by molar-refractivity contribution is 7.80. The number of benzene rings is 1. The van der Waals surface area contributed by atoms with Gasteiger partial charge in [0.15, 0.2) is 10.8 Å². The molecule has 11 heteroatoms. The van der Waals surface area contributed by atoms with Gasteiger partial charge in [-0.3, -0.25) is 4.68 Å². The number of thiocarbonyl (C=S) groups is 1. The normalized spacial score (nSPS) is 11.2. The molecule has 0 aliphatic rings. The number of aromatic nitrogens is 2. The average molecular weight is 449 g/mol. The van der Waals surface area contributed by atoms with Crippen LogP contribution in [0.5, 0.6) is 0 Å². The number of nitrogens with zero attached hydrogens (tertiary/aromatic N) is 2. The number of anilines is 1. The van der Waals surface area contributed by atoms with Crippen LogP contribution >= 0.6 is 23.8 Å². The summed E-state index contributed by atoms with van der Waals surface area (Å²) in [7, 11) is 0. The summed E-state index contributed by atoms with van der Waals surface area (Å²) in [6.07, 6.45) is -4.10. The molecule has 0 spiro atoms. The van der Waals surface area contributed by atoms with Gasteiger partial charge in [0.05, 0.1) is 22.9 Å². The molecule has 1 aromatic carbocycles. The number of hydrogen-bond acceptors (Lipinski definition) is 4. The van der Waals surface area contributed by atoms with E-state index in [1.54, 1.807) is 31.2 Å². The third-order valence-corrected chi connectivity index (χ3v) is 4.59. The molecular formula is C18H20ClF3N4O2S. The number of nitrogens with one attached hydrogen (secondary N) is 2. The van der Waals surface area contributed by atoms with Crippen molar-refractivity contribution in [3.63, 3.8) is 0 Å². The van der Waals surface area contributed by atoms with Crippen molar-refractivity contribution >= 4 is 40.6 Å². The molecule has 0 saturated heterocycles. The third kappa shape index (κ3) is 6.33. The third-order valence-electron chi connectivity index (χ3n) is 3.89. The zero-order valence-electron chi connectivity index (χ0n) is 15.8. The van der Waals surface area contributed by atoms with E-state index in [-0.39, 0.29) is 17.3 Å². The van der Waals surface area contributed by atoms with E-state index >= 15 is 0 Å². The molecule has 0 atom stereocenters. The van der Waals surface area contributed by atoms with Crippen LogP contribution in [-0.4, -0.2) is 34.0 Å². The number of carbonyl (C=O) groups excluding carboxylic acids is 1. The second-order valence-corrected chi connectivity index (χ2v) is 6.79. The second kappa shape index (κ2) is 9.93. The fourth-order valence-electron chi connectivity index (χ4n) is 2.43. The first-order chi connectivity index (χ1) is 13.6. The number of esters is 1. The van der Waals surface area contributed by atoms with Crippen LogP contribution in [0, 0.1) is 6.92 Å². The Balaban J connectivity index is 1.80. The van der Waals surface area contributed by atoms with Gasteiger partial charge in [0.1, 0.15) is 0 Å². The molecule has 0 aliphatic carbocycles. The van der Waals surface area contributed by atoms with Crippen molar-refractivity contribution in [2.24, 2.45) is 0 Å². The molecule has 1 aromatic heterocycles. The van der Waals surface area contributed by atoms with Gasteiger partial charge < -0.3 is 15.4 Å². The summed E-state index contributed by atoms with van der Waals surface area (Å²) in [6, 6.07) is 6.61. The fourth-order valence-corrected chi connectivity index (χ4v) is 2.90. The Hall–Kier alpha value is -2.33. The van der Waals surface area contributed by atoms with E-state index in [9.17, 15) is 18.0 Å². The minimum atomic E-state index is -4.58. The Morgan fingerprint density at radius 3 is 2.52 bits per heavy atom. The van der Waals surface area contributed by atoms with E-state index < -0.39 is 17.8 Å². The van der Waals surface area contributed by atoms with Gasteiger partial charge in [-0.05, 0) is 56.8 Å². The van der Waals surface area contributed by atoms with E-state index in [0.29, 0.717) is 35.9 Å². The van der Waals surface area contributed by atoms with Gasteiger partial charge in [-0.25, -0.2) is 4.79 Å². The molecule has 2 N–H and O–H groups in total. The smallest absolute Gasteiger partial charge is 0.436 e. The molecule has 6 nitrogen and oxygen atoms in total. The van der Waals surface area contributed by atoms with Crippen molar-refractivity contribution in [1.29, 1.82) is 0 Å². The van der Waals surface area contributed by atoms with E-state index in [4.69, 9.17) is 28.6 Å². The maximum atomic E-state index is 12.8. The lowest BCUT2D eigenvalue weighted by Gasteiger charge is -2.11. The van der Waals surface area contributed by atoms with Gasteiger partial charge >= 0.3 is 12.1 Å². The second-order valence-electron chi connectivity index (χ2n) is 6.00. The molecule has 158 valence electrons. The van der Waals surface area contributed by atoms with Crippen molar-refractivity contribution in [3.8, 4) is 0 Å². The monoisotopic (exact) mass is 448 g/mol. The largest absolute Gasteiger partial charge is 0.462 e. The van der Waals surface area contributed by atoms with Crippen molar-refractivity contribution in [2.75, 3.05) is 18.5 Å². The molecular weight excluding hydrogens is 429 g/mol. The van der Waals surface area contributed by atoms with E-state index in [0.717, 1.165) is 0 Å². The highest BCUT2D eigenvalue weighted by Gasteiger charge is 2.38. The van der Waals surface area contributed by atoms with E-state index in [2.05, 4.69) is 15.7 Å². The summed E-state index contributed by atoms with van der Waals surface area (Å²) < 4.78 is 44.6. The summed E-state index contributed by atoms with van der Waals surface area (Å²) in [6.45, 7) is 4.20. The molecule has 0 saturated carbocycles. The summed E-state index contributed by atoms with van der Waals surface area (Å²) in [5, 5.41) is 9.43. The summed E-state index contributed by atoms with van der Waals surface area (Å²) in [4.78, 5) is 11.6. The zero-order chi connectivity index (χ0) is 21.6. The Bertz CT molecular complexity index is 869. The molecule has 0 bridgehead atoms. The van der Waals surface area contributed by atoms with Crippen LogP contribution in [0.2, 0.25) is 5.02 Å². The molecule has 0 unspecified atom stereocenters. The Morgan fingerprint density at radius 2 is 1.97 bits per heavy atom. The predicted octanol–water partition coefficient (Wildman–Crippen LogP) is 4.42. The first-order valence-corrected chi connectivity index (χ1v) is 9.54. The van der Waals surface area contributed by atoms with Crippen LogP contribution in [0.3, 0.4) is 0 Å².